The van der Waals surface area contributed by atoms with Crippen LogP contribution in [0.1, 0.15) is 0 Å². The first-order valence-electron chi connectivity index (χ1n) is 4.79. The predicted octanol–water partition coefficient (Wildman–Crippen LogP) is 1.21. The van der Waals surface area contributed by atoms with Gasteiger partial charge in [-0.2, -0.15) is 0 Å². The van der Waals surface area contributed by atoms with E-state index in [4.69, 9.17) is 0 Å². The number of hydrogen-bond donors (Lipinski definition) is 1. The topological polar surface area (TPSA) is 15.3 Å². The van der Waals surface area contributed by atoms with Crippen molar-refractivity contribution in [1.82, 2.24) is 10.2 Å². The van der Waals surface area contributed by atoms with Gasteiger partial charge in [0.2, 0.25) is 0 Å². The van der Waals surface area contributed by atoms with E-state index in [0.717, 1.165) is 13.1 Å². The highest BCUT2D eigenvalue weighted by atomic mass is 15.2. The summed E-state index contributed by atoms with van der Waals surface area (Å²) in [5.41, 5.74) is 0. The molecule has 2 rings (SSSR count). The Bertz CT molecular complexity index is 166. The van der Waals surface area contributed by atoms with Gasteiger partial charge in [0.1, 0.15) is 0 Å². The van der Waals surface area contributed by atoms with Gasteiger partial charge in [-0.15, -0.1) is 0 Å². The lowest BCUT2D eigenvalue weighted by atomic mass is 10.4. The Morgan fingerprint density at radius 1 is 0.846 bits per heavy atom. The smallest absolute Gasteiger partial charge is 0.0104 e. The second-order valence-corrected chi connectivity index (χ2v) is 3.21. The van der Waals surface area contributed by atoms with Crippen molar-refractivity contribution in [3.8, 4) is 0 Å². The minimum absolute atomic E-state index is 1.16. The monoisotopic (exact) mass is 178 g/mol. The van der Waals surface area contributed by atoms with Crippen LogP contribution < -0.4 is 5.32 Å². The van der Waals surface area contributed by atoms with Crippen molar-refractivity contribution in [3.63, 3.8) is 0 Å². The number of nitrogens with zero attached hydrogens (tertiary/aromatic N) is 1. The molecule has 1 aromatic carbocycles. The van der Waals surface area contributed by atoms with E-state index in [1.807, 2.05) is 36.4 Å². The van der Waals surface area contributed by atoms with Gasteiger partial charge in [0.25, 0.3) is 0 Å². The van der Waals surface area contributed by atoms with Gasteiger partial charge in [-0.05, 0) is 7.05 Å². The first kappa shape index (κ1) is 10.2. The third-order valence-corrected chi connectivity index (χ3v) is 2.01. The van der Waals surface area contributed by atoms with Crippen LogP contribution in [0.3, 0.4) is 0 Å². The minimum atomic E-state index is 1.16. The molecular weight excluding hydrogens is 160 g/mol. The van der Waals surface area contributed by atoms with E-state index in [9.17, 15) is 0 Å². The summed E-state index contributed by atoms with van der Waals surface area (Å²) in [6, 6.07) is 12.0. The second-order valence-electron chi connectivity index (χ2n) is 3.21. The van der Waals surface area contributed by atoms with E-state index in [1.54, 1.807) is 0 Å². The van der Waals surface area contributed by atoms with Gasteiger partial charge in [0.05, 0.1) is 0 Å². The minimum Gasteiger partial charge on any atom is -0.314 e. The lowest BCUT2D eigenvalue weighted by molar-refractivity contribution is 0.291. The molecule has 0 saturated carbocycles. The third-order valence-electron chi connectivity index (χ3n) is 2.01. The fourth-order valence-electron chi connectivity index (χ4n) is 1.16. The number of likely N-dealkylation sites (N-methyl/N-ethyl adjacent to an activating group) is 1. The molecule has 2 heteroatoms. The largest absolute Gasteiger partial charge is 0.314 e. The van der Waals surface area contributed by atoms with E-state index in [-0.39, 0.29) is 0 Å². The Morgan fingerprint density at radius 2 is 1.23 bits per heavy atom. The predicted molar refractivity (Wildman–Crippen MR) is 56.8 cm³/mol. The Hall–Kier alpha value is -0.860. The molecule has 1 heterocycles. The van der Waals surface area contributed by atoms with Crippen LogP contribution >= 0.6 is 0 Å². The lowest BCUT2D eigenvalue weighted by Crippen LogP contribution is -2.40. The average Bonchev–Trinajstić information content (AvgIpc) is 2.22. The molecule has 0 radical (unpaired) electrons. The van der Waals surface area contributed by atoms with E-state index in [0.29, 0.717) is 0 Å². The second kappa shape index (κ2) is 6.63. The van der Waals surface area contributed by atoms with Gasteiger partial charge in [-0.25, -0.2) is 0 Å². The highest BCUT2D eigenvalue weighted by Crippen LogP contribution is 1.83. The zero-order valence-electron chi connectivity index (χ0n) is 8.24. The maximum atomic E-state index is 3.27. The fourth-order valence-corrected chi connectivity index (χ4v) is 1.16. The van der Waals surface area contributed by atoms with Crippen molar-refractivity contribution in [3.05, 3.63) is 36.4 Å². The standard InChI is InChI=1S/C6H6.C5H12N2/c1-2-4-6-5-3-1;1-7-4-2-6-3-5-7/h1-6H;6H,2-5H2,1H3. The molecule has 1 saturated heterocycles. The maximum Gasteiger partial charge on any atom is 0.0104 e. The molecule has 1 aromatic rings. The Kier molecular flexibility index (Phi) is 5.22. The molecule has 0 amide bonds. The van der Waals surface area contributed by atoms with Crippen LogP contribution in [0.4, 0.5) is 0 Å². The van der Waals surface area contributed by atoms with Crippen LogP contribution in [-0.4, -0.2) is 38.1 Å². The van der Waals surface area contributed by atoms with Gasteiger partial charge in [0.15, 0.2) is 0 Å². The van der Waals surface area contributed by atoms with E-state index in [1.165, 1.54) is 13.1 Å². The Labute approximate surface area is 80.6 Å². The molecule has 72 valence electrons. The van der Waals surface area contributed by atoms with E-state index >= 15 is 0 Å². The van der Waals surface area contributed by atoms with Gasteiger partial charge in [-0.1, -0.05) is 36.4 Å². The third kappa shape index (κ3) is 5.39. The molecule has 1 aliphatic rings. The zero-order chi connectivity index (χ0) is 9.36. The van der Waals surface area contributed by atoms with Crippen LogP contribution in [0.15, 0.2) is 36.4 Å². The summed E-state index contributed by atoms with van der Waals surface area (Å²) in [7, 11) is 2.15. The summed E-state index contributed by atoms with van der Waals surface area (Å²) in [6.07, 6.45) is 0. The average molecular weight is 178 g/mol. The summed E-state index contributed by atoms with van der Waals surface area (Å²) >= 11 is 0. The zero-order valence-corrected chi connectivity index (χ0v) is 8.24. The summed E-state index contributed by atoms with van der Waals surface area (Å²) in [6.45, 7) is 4.74. The molecule has 0 bridgehead atoms. The summed E-state index contributed by atoms with van der Waals surface area (Å²) in [5.74, 6) is 0. The molecule has 0 unspecified atom stereocenters. The van der Waals surface area contributed by atoms with Crippen LogP contribution in [0, 0.1) is 0 Å². The number of nitrogens with one attached hydrogen (secondary N) is 1. The summed E-state index contributed by atoms with van der Waals surface area (Å²) in [4.78, 5) is 2.33. The van der Waals surface area contributed by atoms with Gasteiger partial charge in [0, 0.05) is 26.2 Å². The molecule has 0 aromatic heterocycles. The van der Waals surface area contributed by atoms with Crippen molar-refractivity contribution < 1.29 is 0 Å². The molecule has 2 nitrogen and oxygen atoms in total. The SMILES string of the molecule is CN1CCNCC1.c1ccccc1. The highest BCUT2D eigenvalue weighted by molar-refractivity contribution is 4.99. The number of benzene rings is 1. The van der Waals surface area contributed by atoms with Gasteiger partial charge in [-0.3, -0.25) is 0 Å². The van der Waals surface area contributed by atoms with E-state index < -0.39 is 0 Å². The molecule has 1 fully saturated rings. The molecule has 0 atom stereocenters. The molecule has 0 spiro atoms. The summed E-state index contributed by atoms with van der Waals surface area (Å²) in [5, 5.41) is 3.27. The number of rotatable bonds is 0. The van der Waals surface area contributed by atoms with Crippen molar-refractivity contribution in [2.24, 2.45) is 0 Å². The first-order chi connectivity index (χ1) is 6.39. The van der Waals surface area contributed by atoms with Crippen molar-refractivity contribution in [2.45, 2.75) is 0 Å². The van der Waals surface area contributed by atoms with Crippen LogP contribution in [0.5, 0.6) is 0 Å². The molecule has 1 N–H and O–H groups in total. The molecule has 0 aliphatic carbocycles. The maximum absolute atomic E-state index is 3.27. The first-order valence-corrected chi connectivity index (χ1v) is 4.79. The van der Waals surface area contributed by atoms with Gasteiger partial charge >= 0.3 is 0 Å². The Morgan fingerprint density at radius 3 is 1.46 bits per heavy atom. The molecular formula is C11H18N2. The van der Waals surface area contributed by atoms with Gasteiger partial charge < -0.3 is 10.2 Å². The molecule has 1 aliphatic heterocycles. The number of hydrogen-bond acceptors (Lipinski definition) is 2. The van der Waals surface area contributed by atoms with Crippen LogP contribution in [0.2, 0.25) is 0 Å². The Balaban J connectivity index is 0.000000132. The lowest BCUT2D eigenvalue weighted by Gasteiger charge is -2.21. The fraction of sp³-hybridized carbons (Fsp3) is 0.455. The normalized spacial score (nSPS) is 17.3. The highest BCUT2D eigenvalue weighted by Gasteiger charge is 2.01. The van der Waals surface area contributed by atoms with Crippen LogP contribution in [0.25, 0.3) is 0 Å². The van der Waals surface area contributed by atoms with Crippen molar-refractivity contribution in [2.75, 3.05) is 33.2 Å². The van der Waals surface area contributed by atoms with E-state index in [2.05, 4.69) is 17.3 Å². The quantitative estimate of drug-likeness (QED) is 0.642. The van der Waals surface area contributed by atoms with Crippen LogP contribution in [-0.2, 0) is 0 Å². The van der Waals surface area contributed by atoms with Crippen molar-refractivity contribution in [1.29, 1.82) is 0 Å². The molecule has 13 heavy (non-hydrogen) atoms. The summed E-state index contributed by atoms with van der Waals surface area (Å²) < 4.78 is 0. The van der Waals surface area contributed by atoms with Crippen molar-refractivity contribution >= 4 is 0 Å². The number of piperazine rings is 1.